The van der Waals surface area contributed by atoms with Gasteiger partial charge in [0.25, 0.3) is 5.91 Å². The van der Waals surface area contributed by atoms with Crippen LogP contribution in [0.3, 0.4) is 0 Å². The number of amides is 1. The monoisotopic (exact) mass is 366 g/mol. The molecule has 0 radical (unpaired) electrons. The van der Waals surface area contributed by atoms with Gasteiger partial charge in [-0.15, -0.1) is 0 Å². The standard InChI is InChI=1S/C17H22N2O5S/c1-12(24-16(20)10-13-8-9-25(22,23)11-13)17(21)18-14-4-6-15(7-5-14)19(2)3/h4-9,12-13H,10-11H2,1-3H3,(H,18,21)/t12-,13+/m0/s1. The van der Waals surface area contributed by atoms with Crippen LogP contribution in [0.5, 0.6) is 0 Å². The molecule has 8 heteroatoms. The van der Waals surface area contributed by atoms with Crippen LogP contribution in [0.2, 0.25) is 0 Å². The molecule has 0 spiro atoms. The number of benzene rings is 1. The smallest absolute Gasteiger partial charge is 0.307 e. The minimum Gasteiger partial charge on any atom is -0.453 e. The second-order valence-electron chi connectivity index (χ2n) is 6.18. The highest BCUT2D eigenvalue weighted by Gasteiger charge is 2.26. The third-order valence-electron chi connectivity index (χ3n) is 3.76. The summed E-state index contributed by atoms with van der Waals surface area (Å²) >= 11 is 0. The van der Waals surface area contributed by atoms with E-state index in [0.717, 1.165) is 11.1 Å². The van der Waals surface area contributed by atoms with Crippen molar-refractivity contribution >= 4 is 33.1 Å². The lowest BCUT2D eigenvalue weighted by Crippen LogP contribution is -2.30. The molecule has 0 aliphatic carbocycles. The SMILES string of the molecule is C[C@H](OC(=O)C[C@H]1C=CS(=O)(=O)C1)C(=O)Nc1ccc(N(C)C)cc1. The van der Waals surface area contributed by atoms with Crippen molar-refractivity contribution in [3.05, 3.63) is 35.7 Å². The normalized spacial score (nSPS) is 19.2. The molecule has 0 unspecified atom stereocenters. The van der Waals surface area contributed by atoms with Gasteiger partial charge in [0.1, 0.15) is 0 Å². The van der Waals surface area contributed by atoms with Crippen LogP contribution in [0.1, 0.15) is 13.3 Å². The van der Waals surface area contributed by atoms with Gasteiger partial charge in [-0.05, 0) is 31.2 Å². The van der Waals surface area contributed by atoms with E-state index in [1.165, 1.54) is 13.0 Å². The Labute approximate surface area is 147 Å². The minimum absolute atomic E-state index is 0.0646. The first-order chi connectivity index (χ1) is 11.7. The molecular weight excluding hydrogens is 344 g/mol. The van der Waals surface area contributed by atoms with Crippen LogP contribution in [-0.4, -0.2) is 46.2 Å². The predicted octanol–water partition coefficient (Wildman–Crippen LogP) is 1.57. The Balaban J connectivity index is 1.83. The van der Waals surface area contributed by atoms with Crippen molar-refractivity contribution < 1.29 is 22.7 Å². The summed E-state index contributed by atoms with van der Waals surface area (Å²) in [7, 11) is 0.626. The van der Waals surface area contributed by atoms with E-state index in [2.05, 4.69) is 5.32 Å². The second kappa shape index (κ2) is 7.69. The van der Waals surface area contributed by atoms with Crippen LogP contribution in [0.4, 0.5) is 11.4 Å². The van der Waals surface area contributed by atoms with Crippen molar-refractivity contribution in [1.82, 2.24) is 0 Å². The first kappa shape index (κ1) is 19.0. The number of hydrogen-bond acceptors (Lipinski definition) is 6. The fraction of sp³-hybridized carbons (Fsp3) is 0.412. The molecule has 2 rings (SSSR count). The summed E-state index contributed by atoms with van der Waals surface area (Å²) in [5, 5.41) is 3.78. The van der Waals surface area contributed by atoms with Crippen LogP contribution in [0, 0.1) is 5.92 Å². The highest BCUT2D eigenvalue weighted by molar-refractivity contribution is 7.94. The fourth-order valence-corrected chi connectivity index (χ4v) is 3.77. The topological polar surface area (TPSA) is 92.8 Å². The lowest BCUT2D eigenvalue weighted by Gasteiger charge is -2.16. The second-order valence-corrected chi connectivity index (χ2v) is 8.12. The zero-order valence-corrected chi connectivity index (χ0v) is 15.2. The molecule has 1 heterocycles. The molecule has 0 aromatic heterocycles. The first-order valence-corrected chi connectivity index (χ1v) is 9.56. The number of esters is 1. The maximum Gasteiger partial charge on any atom is 0.307 e. The van der Waals surface area contributed by atoms with Crippen molar-refractivity contribution in [1.29, 1.82) is 0 Å². The predicted molar refractivity (Wildman–Crippen MR) is 96.0 cm³/mol. The van der Waals surface area contributed by atoms with Gasteiger partial charge in [0.05, 0.1) is 12.2 Å². The Morgan fingerprint density at radius 1 is 1.28 bits per heavy atom. The molecule has 25 heavy (non-hydrogen) atoms. The van der Waals surface area contributed by atoms with Gasteiger partial charge >= 0.3 is 5.97 Å². The van der Waals surface area contributed by atoms with Crippen molar-refractivity contribution in [2.24, 2.45) is 5.92 Å². The van der Waals surface area contributed by atoms with Crippen LogP contribution in [0.25, 0.3) is 0 Å². The summed E-state index contributed by atoms with van der Waals surface area (Å²) in [5.41, 5.74) is 1.60. The number of anilines is 2. The summed E-state index contributed by atoms with van der Waals surface area (Å²) in [6, 6.07) is 7.24. The Hall–Kier alpha value is -2.35. The van der Waals surface area contributed by atoms with E-state index in [9.17, 15) is 18.0 Å². The van der Waals surface area contributed by atoms with Gasteiger partial charge in [0.15, 0.2) is 15.9 Å². The average Bonchev–Trinajstić information content (AvgIpc) is 2.86. The Bertz CT molecular complexity index is 769. The van der Waals surface area contributed by atoms with Crippen LogP contribution < -0.4 is 10.2 Å². The molecule has 1 aromatic rings. The van der Waals surface area contributed by atoms with Crippen LogP contribution in [0.15, 0.2) is 35.7 Å². The molecule has 0 fully saturated rings. The van der Waals surface area contributed by atoms with Gasteiger partial charge in [0.2, 0.25) is 0 Å². The number of carbonyl (C=O) groups is 2. The quantitative estimate of drug-likeness (QED) is 0.768. The fourth-order valence-electron chi connectivity index (χ4n) is 2.37. The summed E-state index contributed by atoms with van der Waals surface area (Å²) in [4.78, 5) is 25.9. The summed E-state index contributed by atoms with van der Waals surface area (Å²) < 4.78 is 27.7. The maximum absolute atomic E-state index is 12.1. The van der Waals surface area contributed by atoms with Gasteiger partial charge in [0, 0.05) is 36.8 Å². The third kappa shape index (κ3) is 5.60. The van der Waals surface area contributed by atoms with E-state index in [-0.39, 0.29) is 12.2 Å². The Kier molecular flexibility index (Phi) is 5.84. The lowest BCUT2D eigenvalue weighted by molar-refractivity contribution is -0.153. The summed E-state index contributed by atoms with van der Waals surface area (Å²) in [6.45, 7) is 1.47. The Morgan fingerprint density at radius 3 is 2.44 bits per heavy atom. The maximum atomic E-state index is 12.1. The summed E-state index contributed by atoms with van der Waals surface area (Å²) in [5.74, 6) is -1.54. The first-order valence-electron chi connectivity index (χ1n) is 7.85. The molecule has 136 valence electrons. The zero-order chi connectivity index (χ0) is 18.6. The van der Waals surface area contributed by atoms with Crippen molar-refractivity contribution in [2.75, 3.05) is 30.1 Å². The molecule has 1 N–H and O–H groups in total. The Morgan fingerprint density at radius 2 is 1.92 bits per heavy atom. The van der Waals surface area contributed by atoms with Crippen LogP contribution >= 0.6 is 0 Å². The van der Waals surface area contributed by atoms with E-state index in [4.69, 9.17) is 4.74 Å². The molecule has 1 aliphatic rings. The molecule has 1 amide bonds. The number of nitrogens with one attached hydrogen (secondary N) is 1. The number of hydrogen-bond donors (Lipinski definition) is 1. The van der Waals surface area contributed by atoms with Gasteiger partial charge in [-0.1, -0.05) is 6.08 Å². The minimum atomic E-state index is -3.21. The molecule has 7 nitrogen and oxygen atoms in total. The summed E-state index contributed by atoms with van der Waals surface area (Å²) in [6.07, 6.45) is 0.446. The number of rotatable bonds is 6. The molecular formula is C17H22N2O5S. The highest BCUT2D eigenvalue weighted by Crippen LogP contribution is 2.19. The van der Waals surface area contributed by atoms with Crippen molar-refractivity contribution in [3.63, 3.8) is 0 Å². The number of sulfone groups is 1. The number of allylic oxidation sites excluding steroid dienone is 1. The zero-order valence-electron chi connectivity index (χ0n) is 14.4. The van der Waals surface area contributed by atoms with E-state index in [0.29, 0.717) is 5.69 Å². The number of carbonyl (C=O) groups excluding carboxylic acids is 2. The van der Waals surface area contributed by atoms with Crippen molar-refractivity contribution in [2.45, 2.75) is 19.4 Å². The number of nitrogens with zero attached hydrogens (tertiary/aromatic N) is 1. The average molecular weight is 366 g/mol. The van der Waals surface area contributed by atoms with Gasteiger partial charge in [-0.3, -0.25) is 9.59 Å². The molecule has 0 saturated heterocycles. The molecule has 1 aromatic carbocycles. The number of ether oxygens (including phenoxy) is 1. The molecule has 2 atom stereocenters. The van der Waals surface area contributed by atoms with E-state index in [1.807, 2.05) is 31.1 Å². The van der Waals surface area contributed by atoms with E-state index >= 15 is 0 Å². The molecule has 0 saturated carbocycles. The van der Waals surface area contributed by atoms with Gasteiger partial charge < -0.3 is 15.0 Å². The van der Waals surface area contributed by atoms with Gasteiger partial charge in [-0.2, -0.15) is 0 Å². The largest absolute Gasteiger partial charge is 0.453 e. The van der Waals surface area contributed by atoms with Gasteiger partial charge in [-0.25, -0.2) is 8.42 Å². The lowest BCUT2D eigenvalue weighted by atomic mass is 10.1. The van der Waals surface area contributed by atoms with Crippen LogP contribution in [-0.2, 0) is 24.2 Å². The highest BCUT2D eigenvalue weighted by atomic mass is 32.2. The van der Waals surface area contributed by atoms with Crippen molar-refractivity contribution in [3.8, 4) is 0 Å². The molecule has 0 bridgehead atoms. The van der Waals surface area contributed by atoms with E-state index < -0.39 is 33.7 Å². The third-order valence-corrected chi connectivity index (χ3v) is 5.23. The van der Waals surface area contributed by atoms with E-state index in [1.54, 1.807) is 12.1 Å². The molecule has 1 aliphatic heterocycles.